The fourth-order valence-electron chi connectivity index (χ4n) is 2.28. The Kier molecular flexibility index (Phi) is 9.91. The van der Waals surface area contributed by atoms with Crippen LogP contribution in [0, 0.1) is 0 Å². The number of hydrogen-bond acceptors (Lipinski definition) is 6. The van der Waals surface area contributed by atoms with Crippen LogP contribution >= 0.6 is 0 Å². The zero-order valence-corrected chi connectivity index (χ0v) is 16.1. The largest absolute Gasteiger partial charge is 0.497 e. The molecule has 0 aliphatic heterocycles. The molecule has 0 aliphatic rings. The zero-order valence-electron chi connectivity index (χ0n) is 16.1. The van der Waals surface area contributed by atoms with E-state index in [1.807, 2.05) is 30.3 Å². The molecule has 0 heterocycles. The third kappa shape index (κ3) is 7.96. The SMILES string of the molecule is COc1cccc(CNCCc2ccc(OC)c(OC)c2)c1.O=C(O)C(=O)O. The van der Waals surface area contributed by atoms with Crippen molar-refractivity contribution in [2.24, 2.45) is 0 Å². The standard InChI is InChI=1S/C18H23NO3.C2H2O4/c1-20-16-6-4-5-15(11-16)13-19-10-9-14-7-8-17(21-2)18(12-14)22-3;3-1(4)2(5)6/h4-8,11-12,19H,9-10,13H2,1-3H3;(H,3,4)(H,5,6). The third-order valence-electron chi connectivity index (χ3n) is 3.68. The van der Waals surface area contributed by atoms with Crippen molar-refractivity contribution in [3.8, 4) is 17.2 Å². The van der Waals surface area contributed by atoms with Gasteiger partial charge in [-0.1, -0.05) is 18.2 Å². The lowest BCUT2D eigenvalue weighted by Gasteiger charge is -2.10. The second-order valence-electron chi connectivity index (χ2n) is 5.58. The van der Waals surface area contributed by atoms with Gasteiger partial charge < -0.3 is 29.7 Å². The summed E-state index contributed by atoms with van der Waals surface area (Å²) in [6.45, 7) is 1.72. The topological polar surface area (TPSA) is 114 Å². The van der Waals surface area contributed by atoms with Crippen molar-refractivity contribution < 1.29 is 34.0 Å². The summed E-state index contributed by atoms with van der Waals surface area (Å²) in [4.78, 5) is 18.2. The number of ether oxygens (including phenoxy) is 3. The Morgan fingerprint density at radius 2 is 1.54 bits per heavy atom. The number of carboxylic acid groups (broad SMARTS) is 2. The Hall–Kier alpha value is -3.26. The Bertz CT molecular complexity index is 765. The lowest BCUT2D eigenvalue weighted by Crippen LogP contribution is -2.16. The minimum Gasteiger partial charge on any atom is -0.497 e. The summed E-state index contributed by atoms with van der Waals surface area (Å²) in [5, 5.41) is 18.2. The Labute approximate surface area is 163 Å². The number of rotatable bonds is 8. The molecule has 0 amide bonds. The van der Waals surface area contributed by atoms with Crippen LogP contribution in [0.5, 0.6) is 17.2 Å². The Morgan fingerprint density at radius 1 is 0.857 bits per heavy atom. The number of carboxylic acids is 2. The highest BCUT2D eigenvalue weighted by molar-refractivity contribution is 6.27. The van der Waals surface area contributed by atoms with E-state index in [1.165, 1.54) is 11.1 Å². The van der Waals surface area contributed by atoms with E-state index in [0.717, 1.165) is 36.8 Å². The van der Waals surface area contributed by atoms with Crippen LogP contribution in [0.3, 0.4) is 0 Å². The van der Waals surface area contributed by atoms with Crippen molar-refractivity contribution in [2.75, 3.05) is 27.9 Å². The maximum Gasteiger partial charge on any atom is 0.414 e. The summed E-state index contributed by atoms with van der Waals surface area (Å²) >= 11 is 0. The summed E-state index contributed by atoms with van der Waals surface area (Å²) in [5.41, 5.74) is 2.43. The van der Waals surface area contributed by atoms with Gasteiger partial charge in [0.05, 0.1) is 21.3 Å². The van der Waals surface area contributed by atoms with Crippen LogP contribution in [0.25, 0.3) is 0 Å². The molecule has 0 atom stereocenters. The van der Waals surface area contributed by atoms with Gasteiger partial charge in [0, 0.05) is 6.54 Å². The third-order valence-corrected chi connectivity index (χ3v) is 3.68. The van der Waals surface area contributed by atoms with Crippen molar-refractivity contribution >= 4 is 11.9 Å². The van der Waals surface area contributed by atoms with Crippen LogP contribution in [-0.4, -0.2) is 50.0 Å². The van der Waals surface area contributed by atoms with Gasteiger partial charge in [0.2, 0.25) is 0 Å². The van der Waals surface area contributed by atoms with E-state index in [-0.39, 0.29) is 0 Å². The highest BCUT2D eigenvalue weighted by Crippen LogP contribution is 2.27. The fourth-order valence-corrected chi connectivity index (χ4v) is 2.28. The molecule has 0 aromatic heterocycles. The van der Waals surface area contributed by atoms with Gasteiger partial charge in [0.1, 0.15) is 5.75 Å². The summed E-state index contributed by atoms with van der Waals surface area (Å²) in [5.74, 6) is -1.23. The predicted molar refractivity (Wildman–Crippen MR) is 103 cm³/mol. The first-order valence-corrected chi connectivity index (χ1v) is 8.42. The first-order valence-electron chi connectivity index (χ1n) is 8.42. The predicted octanol–water partition coefficient (Wildman–Crippen LogP) is 2.20. The van der Waals surface area contributed by atoms with Crippen LogP contribution in [0.15, 0.2) is 42.5 Å². The molecular formula is C20H25NO7. The molecular weight excluding hydrogens is 366 g/mol. The van der Waals surface area contributed by atoms with E-state index in [9.17, 15) is 0 Å². The molecule has 0 fully saturated rings. The first kappa shape index (κ1) is 22.8. The Morgan fingerprint density at radius 3 is 2.11 bits per heavy atom. The second-order valence-corrected chi connectivity index (χ2v) is 5.58. The summed E-state index contributed by atoms with van der Waals surface area (Å²) in [6.07, 6.45) is 0.935. The summed E-state index contributed by atoms with van der Waals surface area (Å²) in [6, 6.07) is 14.1. The molecule has 152 valence electrons. The molecule has 28 heavy (non-hydrogen) atoms. The number of aliphatic carboxylic acids is 2. The maximum atomic E-state index is 9.10. The first-order chi connectivity index (χ1) is 13.4. The zero-order chi connectivity index (χ0) is 20.9. The smallest absolute Gasteiger partial charge is 0.414 e. The van der Waals surface area contributed by atoms with E-state index in [2.05, 4.69) is 17.4 Å². The van der Waals surface area contributed by atoms with Crippen LogP contribution in [0.1, 0.15) is 11.1 Å². The average molecular weight is 391 g/mol. The summed E-state index contributed by atoms with van der Waals surface area (Å²) in [7, 11) is 4.99. The van der Waals surface area contributed by atoms with Gasteiger partial charge in [-0.05, 0) is 48.4 Å². The van der Waals surface area contributed by atoms with Gasteiger partial charge >= 0.3 is 11.9 Å². The van der Waals surface area contributed by atoms with E-state index in [1.54, 1.807) is 21.3 Å². The Balaban J connectivity index is 0.000000568. The van der Waals surface area contributed by atoms with E-state index in [4.69, 9.17) is 34.0 Å². The molecule has 0 unspecified atom stereocenters. The lowest BCUT2D eigenvalue weighted by atomic mass is 10.1. The van der Waals surface area contributed by atoms with Crippen molar-refractivity contribution in [3.05, 3.63) is 53.6 Å². The monoisotopic (exact) mass is 391 g/mol. The van der Waals surface area contributed by atoms with Crippen molar-refractivity contribution in [1.29, 1.82) is 0 Å². The van der Waals surface area contributed by atoms with Crippen LogP contribution < -0.4 is 19.5 Å². The molecule has 3 N–H and O–H groups in total. The molecule has 2 rings (SSSR count). The fraction of sp³-hybridized carbons (Fsp3) is 0.300. The summed E-state index contributed by atoms with van der Waals surface area (Å²) < 4.78 is 15.8. The van der Waals surface area contributed by atoms with E-state index in [0.29, 0.717) is 0 Å². The molecule has 8 nitrogen and oxygen atoms in total. The van der Waals surface area contributed by atoms with Crippen molar-refractivity contribution in [3.63, 3.8) is 0 Å². The average Bonchev–Trinajstić information content (AvgIpc) is 2.71. The molecule has 0 bridgehead atoms. The van der Waals surface area contributed by atoms with Gasteiger partial charge in [0.15, 0.2) is 11.5 Å². The van der Waals surface area contributed by atoms with Crippen LogP contribution in [0.2, 0.25) is 0 Å². The molecule has 0 saturated carbocycles. The lowest BCUT2D eigenvalue weighted by molar-refractivity contribution is -0.159. The van der Waals surface area contributed by atoms with Gasteiger partial charge in [0.25, 0.3) is 0 Å². The van der Waals surface area contributed by atoms with Gasteiger partial charge in [-0.25, -0.2) is 9.59 Å². The molecule has 2 aromatic rings. The van der Waals surface area contributed by atoms with Crippen LogP contribution in [-0.2, 0) is 22.6 Å². The van der Waals surface area contributed by atoms with Crippen molar-refractivity contribution in [1.82, 2.24) is 5.32 Å². The molecule has 8 heteroatoms. The van der Waals surface area contributed by atoms with Crippen molar-refractivity contribution in [2.45, 2.75) is 13.0 Å². The number of carbonyl (C=O) groups is 2. The highest BCUT2D eigenvalue weighted by atomic mass is 16.5. The molecule has 0 saturated heterocycles. The van der Waals surface area contributed by atoms with E-state index < -0.39 is 11.9 Å². The van der Waals surface area contributed by atoms with Gasteiger partial charge in [-0.3, -0.25) is 0 Å². The van der Waals surface area contributed by atoms with Gasteiger partial charge in [-0.2, -0.15) is 0 Å². The maximum absolute atomic E-state index is 9.10. The molecule has 0 aliphatic carbocycles. The van der Waals surface area contributed by atoms with Gasteiger partial charge in [-0.15, -0.1) is 0 Å². The normalized spacial score (nSPS) is 9.68. The number of methoxy groups -OCH3 is 3. The molecule has 0 spiro atoms. The quantitative estimate of drug-likeness (QED) is 0.463. The van der Waals surface area contributed by atoms with Crippen LogP contribution in [0.4, 0.5) is 0 Å². The second kappa shape index (κ2) is 12.2. The van der Waals surface area contributed by atoms with E-state index >= 15 is 0 Å². The number of hydrogen-bond donors (Lipinski definition) is 3. The minimum atomic E-state index is -1.82. The highest BCUT2D eigenvalue weighted by Gasteiger charge is 2.05. The number of nitrogens with one attached hydrogen (secondary N) is 1. The number of benzene rings is 2. The molecule has 0 radical (unpaired) electrons. The molecule has 2 aromatic carbocycles. The minimum absolute atomic E-state index is 0.760.